The molecule has 0 atom stereocenters. The van der Waals surface area contributed by atoms with Crippen LogP contribution in [0.3, 0.4) is 0 Å². The number of aliphatic hydroxyl groups excluding tert-OH is 2. The largest absolute Gasteiger partial charge is 1.00 e. The molecule has 0 aromatic heterocycles. The van der Waals surface area contributed by atoms with Gasteiger partial charge in [0.2, 0.25) is 0 Å². The van der Waals surface area contributed by atoms with Gasteiger partial charge < -0.3 is 32.8 Å². The minimum Gasteiger partial charge on any atom is -1.00 e. The molecule has 0 aliphatic rings. The molecule has 0 bridgehead atoms. The van der Waals surface area contributed by atoms with Gasteiger partial charge in [-0.15, -0.1) is 0 Å². The first-order valence-electron chi connectivity index (χ1n) is 14.3. The van der Waals surface area contributed by atoms with Crippen molar-refractivity contribution in [1.82, 2.24) is 5.32 Å². The Morgan fingerprint density at radius 2 is 1.00 bits per heavy atom. The smallest absolute Gasteiger partial charge is 1.00 e. The zero-order chi connectivity index (χ0) is 31.4. The van der Waals surface area contributed by atoms with E-state index >= 15 is 0 Å². The van der Waals surface area contributed by atoms with Crippen molar-refractivity contribution in [2.45, 2.75) is 24.7 Å². The van der Waals surface area contributed by atoms with Crippen molar-refractivity contribution in [1.29, 1.82) is 0 Å². The van der Waals surface area contributed by atoms with Gasteiger partial charge in [0, 0.05) is 30.3 Å². The number of hydrogen-bond donors (Lipinski definition) is 4. The second kappa shape index (κ2) is 33.8. The Bertz CT molecular complexity index is 1090. The number of rotatable bonds is 13. The Kier molecular flexibility index (Phi) is 35.3. The molecule has 7 nitrogen and oxygen atoms in total. The maximum absolute atomic E-state index is 8.80. The van der Waals surface area contributed by atoms with Gasteiger partial charge in [-0.1, -0.05) is 137 Å². The van der Waals surface area contributed by atoms with E-state index in [1.54, 1.807) is 0 Å². The summed E-state index contributed by atoms with van der Waals surface area (Å²) in [5.41, 5.74) is 10.3. The van der Waals surface area contributed by atoms with Crippen LogP contribution in [0.15, 0.2) is 121 Å². The first-order valence-corrected chi connectivity index (χ1v) is 15.4. The third-order valence-corrected chi connectivity index (χ3v) is 6.73. The van der Waals surface area contributed by atoms with Crippen LogP contribution in [0, 0.1) is 0 Å². The molecule has 4 aromatic carbocycles. The van der Waals surface area contributed by atoms with Crippen LogP contribution < -0.4 is 119 Å². The first-order chi connectivity index (χ1) is 21.2. The van der Waals surface area contributed by atoms with Crippen molar-refractivity contribution in [3.63, 3.8) is 0 Å². The SMILES string of the molecule is BrCCC(c1ccccc1)c1ccccc1.NCCO.O=CO[O-].OCCNCCC(c1ccccc1)c1ccccc1.[H-].[K+].[K+]. The van der Waals surface area contributed by atoms with Gasteiger partial charge in [-0.05, 0) is 41.6 Å². The molecule has 4 rings (SSSR count). The Morgan fingerprint density at radius 3 is 1.24 bits per heavy atom. The van der Waals surface area contributed by atoms with E-state index in [-0.39, 0.29) is 124 Å². The zero-order valence-corrected chi connectivity index (χ0v) is 34.3. The number of hydrogen-bond acceptors (Lipinski definition) is 7. The van der Waals surface area contributed by atoms with Gasteiger partial charge in [-0.3, -0.25) is 4.79 Å². The van der Waals surface area contributed by atoms with Crippen molar-refractivity contribution in [2.24, 2.45) is 5.73 Å². The number of alkyl halides is 1. The van der Waals surface area contributed by atoms with E-state index in [1.807, 2.05) is 0 Å². The minimum atomic E-state index is -0.181. The van der Waals surface area contributed by atoms with Crippen LogP contribution in [0.4, 0.5) is 0 Å². The molecule has 4 aromatic rings. The molecule has 234 valence electrons. The summed E-state index contributed by atoms with van der Waals surface area (Å²) in [5, 5.41) is 29.3. The first kappa shape index (κ1) is 47.0. The molecule has 0 saturated heterocycles. The van der Waals surface area contributed by atoms with E-state index in [0.717, 1.165) is 24.7 Å². The number of carbonyl (C=O) groups is 1. The molecule has 0 amide bonds. The Balaban J connectivity index is -0.000000624. The van der Waals surface area contributed by atoms with Crippen LogP contribution in [-0.4, -0.2) is 54.9 Å². The van der Waals surface area contributed by atoms with Gasteiger partial charge in [-0.2, -0.15) is 0 Å². The summed E-state index contributed by atoms with van der Waals surface area (Å²) in [4.78, 5) is 11.2. The van der Waals surface area contributed by atoms with Crippen molar-refractivity contribution >= 4 is 22.4 Å². The molecule has 0 saturated carbocycles. The third kappa shape index (κ3) is 22.2. The van der Waals surface area contributed by atoms with Crippen molar-refractivity contribution in [2.75, 3.05) is 38.2 Å². The van der Waals surface area contributed by atoms with Gasteiger partial charge in [0.25, 0.3) is 6.47 Å². The van der Waals surface area contributed by atoms with Crippen LogP contribution >= 0.6 is 15.9 Å². The topological polar surface area (TPSA) is 128 Å². The molecule has 0 radical (unpaired) electrons. The molecule has 0 aliphatic heterocycles. The average molecular weight is 732 g/mol. The van der Waals surface area contributed by atoms with E-state index < -0.39 is 0 Å². The van der Waals surface area contributed by atoms with Crippen molar-refractivity contribution in [3.8, 4) is 0 Å². The summed E-state index contributed by atoms with van der Waals surface area (Å²) in [6.07, 6.45) is 2.17. The summed E-state index contributed by atoms with van der Waals surface area (Å²) in [7, 11) is 0. The summed E-state index contributed by atoms with van der Waals surface area (Å²) in [5.74, 6) is 0.912. The second-order valence-electron chi connectivity index (χ2n) is 9.19. The maximum atomic E-state index is 8.80. The molecular formula is C35H45BrK2N2O5. The van der Waals surface area contributed by atoms with E-state index in [9.17, 15) is 0 Å². The number of aliphatic hydroxyl groups is 2. The van der Waals surface area contributed by atoms with Gasteiger partial charge >= 0.3 is 103 Å². The number of nitrogens with one attached hydrogen (secondary N) is 1. The van der Waals surface area contributed by atoms with Gasteiger partial charge in [0.15, 0.2) is 0 Å². The molecule has 5 N–H and O–H groups in total. The van der Waals surface area contributed by atoms with Gasteiger partial charge in [0.1, 0.15) is 0 Å². The molecular weight excluding hydrogens is 686 g/mol. The van der Waals surface area contributed by atoms with Crippen molar-refractivity contribution < 1.29 is 129 Å². The van der Waals surface area contributed by atoms with E-state index in [4.69, 9.17) is 26.0 Å². The maximum Gasteiger partial charge on any atom is 1.00 e. The van der Waals surface area contributed by atoms with Crippen LogP contribution in [0.5, 0.6) is 0 Å². The fraction of sp³-hybridized carbons (Fsp3) is 0.286. The fourth-order valence-electron chi connectivity index (χ4n) is 4.35. The molecule has 0 fully saturated rings. The Hall–Kier alpha value is -0.0973. The molecule has 0 unspecified atom stereocenters. The van der Waals surface area contributed by atoms with E-state index in [2.05, 4.69) is 147 Å². The standard InChI is InChI=1S/C17H21NO.C15H15Br.C2H7NO.CH2O3.2K.H/c19-14-13-18-12-11-17(15-7-3-1-4-8-15)16-9-5-2-6-10-16;16-12-11-15(13-7-3-1-4-8-13)14-9-5-2-6-10-14;3-1-2-4;2-1-4-3;;;/h1-10,17-19H,11-14H2;1-10,15H,11-12H2;4H,1-3H2;1,3H;;;/q;;;;2*+1;-1/p-1. The monoisotopic (exact) mass is 730 g/mol. The van der Waals surface area contributed by atoms with Crippen LogP contribution in [0.2, 0.25) is 0 Å². The third-order valence-electron chi connectivity index (χ3n) is 6.27. The number of halogens is 1. The predicted molar refractivity (Wildman–Crippen MR) is 177 cm³/mol. The second-order valence-corrected chi connectivity index (χ2v) is 9.99. The van der Waals surface area contributed by atoms with Crippen LogP contribution in [0.25, 0.3) is 0 Å². The molecule has 0 heterocycles. The van der Waals surface area contributed by atoms with E-state index in [0.29, 0.717) is 24.9 Å². The van der Waals surface area contributed by atoms with Crippen LogP contribution in [-0.2, 0) is 9.68 Å². The predicted octanol–water partition coefficient (Wildman–Crippen LogP) is -1.11. The quantitative estimate of drug-likeness (QED) is 0.0343. The summed E-state index contributed by atoms with van der Waals surface area (Å²) in [6, 6.07) is 42.6. The van der Waals surface area contributed by atoms with Gasteiger partial charge in [0.05, 0.1) is 13.2 Å². The summed E-state index contributed by atoms with van der Waals surface area (Å²) >= 11 is 3.54. The summed E-state index contributed by atoms with van der Waals surface area (Å²) in [6.45, 7) is 2.06. The van der Waals surface area contributed by atoms with E-state index in [1.165, 1.54) is 22.3 Å². The zero-order valence-electron chi connectivity index (χ0n) is 27.5. The molecule has 0 aliphatic carbocycles. The Labute approximate surface area is 363 Å². The molecule has 45 heavy (non-hydrogen) atoms. The van der Waals surface area contributed by atoms with Gasteiger partial charge in [-0.25, -0.2) is 0 Å². The molecule has 10 heteroatoms. The fourth-order valence-corrected chi connectivity index (χ4v) is 4.81. The van der Waals surface area contributed by atoms with Crippen molar-refractivity contribution in [3.05, 3.63) is 144 Å². The number of benzene rings is 4. The average Bonchev–Trinajstić information content (AvgIpc) is 3.09. The normalized spacial score (nSPS) is 9.49. The summed E-state index contributed by atoms with van der Waals surface area (Å²) < 4.78 is 0. The molecule has 0 spiro atoms. The number of nitrogens with two attached hydrogens (primary N) is 1. The Morgan fingerprint density at radius 1 is 0.689 bits per heavy atom. The number of carbonyl (C=O) groups excluding carboxylic acids is 1. The van der Waals surface area contributed by atoms with Crippen LogP contribution in [0.1, 0.15) is 48.4 Å². The minimum absolute atomic E-state index is 0.